The molecule has 0 aliphatic heterocycles. The Labute approximate surface area is 190 Å². The predicted molar refractivity (Wildman–Crippen MR) is 121 cm³/mol. The first kappa shape index (κ1) is 22.8. The first-order chi connectivity index (χ1) is 15.4. The molecule has 0 unspecified atom stereocenters. The Balaban J connectivity index is 1.55. The van der Waals surface area contributed by atoms with Crippen molar-refractivity contribution < 1.29 is 23.9 Å². The van der Waals surface area contributed by atoms with E-state index in [2.05, 4.69) is 10.6 Å². The van der Waals surface area contributed by atoms with E-state index < -0.39 is 6.16 Å². The molecule has 0 heterocycles. The van der Waals surface area contributed by atoms with E-state index in [0.29, 0.717) is 21.8 Å². The summed E-state index contributed by atoms with van der Waals surface area (Å²) in [5, 5.41) is 6.19. The van der Waals surface area contributed by atoms with Gasteiger partial charge in [0.2, 0.25) is 0 Å². The van der Waals surface area contributed by atoms with Crippen LogP contribution in [0.25, 0.3) is 0 Å². The average molecular weight is 453 g/mol. The molecule has 0 fully saturated rings. The summed E-state index contributed by atoms with van der Waals surface area (Å²) >= 11 is 5.85. The van der Waals surface area contributed by atoms with Gasteiger partial charge in [0.1, 0.15) is 5.75 Å². The molecule has 32 heavy (non-hydrogen) atoms. The second kappa shape index (κ2) is 11.0. The SMILES string of the molecule is CCOC(=O)Oc1ccc(C(=O)NCc2cccc(NC(=O)c3ccc(Cl)cc3)c2)cc1. The molecule has 2 amide bonds. The second-order valence-electron chi connectivity index (χ2n) is 6.65. The van der Waals surface area contributed by atoms with Crippen molar-refractivity contribution in [2.45, 2.75) is 13.5 Å². The van der Waals surface area contributed by atoms with E-state index in [9.17, 15) is 14.4 Å². The third-order valence-electron chi connectivity index (χ3n) is 4.32. The number of carbonyl (C=O) groups is 3. The van der Waals surface area contributed by atoms with Crippen LogP contribution in [0, 0.1) is 0 Å². The lowest BCUT2D eigenvalue weighted by atomic mass is 10.1. The highest BCUT2D eigenvalue weighted by Crippen LogP contribution is 2.16. The molecular weight excluding hydrogens is 432 g/mol. The molecule has 7 nitrogen and oxygen atoms in total. The van der Waals surface area contributed by atoms with Crippen molar-refractivity contribution in [2.75, 3.05) is 11.9 Å². The lowest BCUT2D eigenvalue weighted by Gasteiger charge is -2.09. The Morgan fingerprint density at radius 3 is 2.22 bits per heavy atom. The highest BCUT2D eigenvalue weighted by molar-refractivity contribution is 6.30. The minimum absolute atomic E-state index is 0.214. The van der Waals surface area contributed by atoms with E-state index in [0.717, 1.165) is 5.56 Å². The van der Waals surface area contributed by atoms with Gasteiger partial charge in [-0.15, -0.1) is 0 Å². The number of carbonyl (C=O) groups excluding carboxylic acids is 3. The van der Waals surface area contributed by atoms with Crippen LogP contribution in [-0.4, -0.2) is 24.6 Å². The summed E-state index contributed by atoms with van der Waals surface area (Å²) in [5.74, 6) is -0.264. The lowest BCUT2D eigenvalue weighted by Crippen LogP contribution is -2.22. The average Bonchev–Trinajstić information content (AvgIpc) is 2.79. The number of hydrogen-bond donors (Lipinski definition) is 2. The van der Waals surface area contributed by atoms with E-state index in [1.807, 2.05) is 6.07 Å². The third kappa shape index (κ3) is 6.58. The number of ether oxygens (including phenoxy) is 2. The first-order valence-corrected chi connectivity index (χ1v) is 10.2. The standard InChI is InChI=1S/C24H21ClN2O5/c1-2-31-24(30)32-21-12-8-17(9-13-21)22(28)26-15-16-4-3-5-20(14-16)27-23(29)18-6-10-19(25)11-7-18/h3-14H,2,15H2,1H3,(H,26,28)(H,27,29). The van der Waals surface area contributed by atoms with Crippen molar-refractivity contribution in [3.05, 3.63) is 94.5 Å². The molecular formula is C24H21ClN2O5. The van der Waals surface area contributed by atoms with Crippen LogP contribution in [0.1, 0.15) is 33.2 Å². The third-order valence-corrected chi connectivity index (χ3v) is 4.58. The van der Waals surface area contributed by atoms with Gasteiger partial charge in [-0.3, -0.25) is 9.59 Å². The molecule has 0 atom stereocenters. The maximum atomic E-state index is 12.4. The van der Waals surface area contributed by atoms with Crippen molar-refractivity contribution in [1.82, 2.24) is 5.32 Å². The van der Waals surface area contributed by atoms with Gasteiger partial charge in [-0.1, -0.05) is 23.7 Å². The van der Waals surface area contributed by atoms with Crippen LogP contribution in [0.15, 0.2) is 72.8 Å². The number of benzene rings is 3. The van der Waals surface area contributed by atoms with Gasteiger partial charge in [-0.2, -0.15) is 0 Å². The maximum Gasteiger partial charge on any atom is 0.513 e. The topological polar surface area (TPSA) is 93.7 Å². The van der Waals surface area contributed by atoms with Gasteiger partial charge in [-0.05, 0) is 73.2 Å². The van der Waals surface area contributed by atoms with Crippen LogP contribution >= 0.6 is 11.6 Å². The second-order valence-corrected chi connectivity index (χ2v) is 7.09. The zero-order valence-electron chi connectivity index (χ0n) is 17.3. The molecule has 3 aromatic rings. The van der Waals surface area contributed by atoms with Crippen molar-refractivity contribution in [2.24, 2.45) is 0 Å². The summed E-state index contributed by atoms with van der Waals surface area (Å²) in [6, 6.07) is 19.9. The van der Waals surface area contributed by atoms with Crippen LogP contribution in [0.3, 0.4) is 0 Å². The van der Waals surface area contributed by atoms with Gasteiger partial charge in [0.05, 0.1) is 6.61 Å². The monoisotopic (exact) mass is 452 g/mol. The summed E-state index contributed by atoms with van der Waals surface area (Å²) in [7, 11) is 0. The Morgan fingerprint density at radius 1 is 0.875 bits per heavy atom. The van der Waals surface area contributed by atoms with Gasteiger partial charge in [0.25, 0.3) is 11.8 Å². The van der Waals surface area contributed by atoms with Crippen LogP contribution in [0.4, 0.5) is 10.5 Å². The van der Waals surface area contributed by atoms with Crippen LogP contribution in [0.5, 0.6) is 5.75 Å². The molecule has 8 heteroatoms. The smallest absolute Gasteiger partial charge is 0.434 e. The normalized spacial score (nSPS) is 10.2. The quantitative estimate of drug-likeness (QED) is 0.386. The van der Waals surface area contributed by atoms with Crippen molar-refractivity contribution >= 4 is 35.3 Å². The summed E-state index contributed by atoms with van der Waals surface area (Å²) in [5.41, 5.74) is 2.32. The van der Waals surface area contributed by atoms with Crippen LogP contribution < -0.4 is 15.4 Å². The Hall–Kier alpha value is -3.84. The summed E-state index contributed by atoms with van der Waals surface area (Å²) in [6.07, 6.45) is -0.798. The lowest BCUT2D eigenvalue weighted by molar-refractivity contribution is 0.0950. The fourth-order valence-corrected chi connectivity index (χ4v) is 2.89. The summed E-state index contributed by atoms with van der Waals surface area (Å²) in [6.45, 7) is 2.16. The van der Waals surface area contributed by atoms with Crippen molar-refractivity contribution in [3.63, 3.8) is 0 Å². The fraction of sp³-hybridized carbons (Fsp3) is 0.125. The van der Waals surface area contributed by atoms with Gasteiger partial charge >= 0.3 is 6.16 Å². The molecule has 3 rings (SSSR count). The van der Waals surface area contributed by atoms with Gasteiger partial charge in [0, 0.05) is 28.4 Å². The molecule has 0 spiro atoms. The summed E-state index contributed by atoms with van der Waals surface area (Å²) in [4.78, 5) is 36.1. The number of rotatable bonds is 7. The number of amides is 2. The molecule has 0 radical (unpaired) electrons. The van der Waals surface area contributed by atoms with Crippen molar-refractivity contribution in [3.8, 4) is 5.75 Å². The summed E-state index contributed by atoms with van der Waals surface area (Å²) < 4.78 is 9.67. The Morgan fingerprint density at radius 2 is 1.53 bits per heavy atom. The molecule has 0 aromatic heterocycles. The number of nitrogens with one attached hydrogen (secondary N) is 2. The highest BCUT2D eigenvalue weighted by atomic mass is 35.5. The molecule has 0 aliphatic rings. The van der Waals surface area contributed by atoms with Gasteiger partial charge in [-0.25, -0.2) is 4.79 Å². The van der Waals surface area contributed by atoms with E-state index in [1.165, 1.54) is 12.1 Å². The van der Waals surface area contributed by atoms with Gasteiger partial charge < -0.3 is 20.1 Å². The molecule has 164 valence electrons. The van der Waals surface area contributed by atoms with Crippen LogP contribution in [0.2, 0.25) is 5.02 Å². The maximum absolute atomic E-state index is 12.4. The largest absolute Gasteiger partial charge is 0.513 e. The van der Waals surface area contributed by atoms with E-state index in [1.54, 1.807) is 61.5 Å². The van der Waals surface area contributed by atoms with Crippen LogP contribution in [-0.2, 0) is 11.3 Å². The molecule has 3 aromatic carbocycles. The van der Waals surface area contributed by atoms with Gasteiger partial charge in [0.15, 0.2) is 0 Å². The zero-order valence-corrected chi connectivity index (χ0v) is 18.0. The molecule has 0 bridgehead atoms. The fourth-order valence-electron chi connectivity index (χ4n) is 2.77. The molecule has 2 N–H and O–H groups in total. The van der Waals surface area contributed by atoms with E-state index in [4.69, 9.17) is 21.1 Å². The Kier molecular flexibility index (Phi) is 7.83. The number of anilines is 1. The van der Waals surface area contributed by atoms with E-state index in [-0.39, 0.29) is 30.7 Å². The molecule has 0 aliphatic carbocycles. The highest BCUT2D eigenvalue weighted by Gasteiger charge is 2.10. The zero-order chi connectivity index (χ0) is 22.9. The molecule has 0 saturated carbocycles. The number of hydrogen-bond acceptors (Lipinski definition) is 5. The first-order valence-electron chi connectivity index (χ1n) is 9.83. The minimum atomic E-state index is -0.798. The predicted octanol–water partition coefficient (Wildman–Crippen LogP) is 5.06. The molecule has 0 saturated heterocycles. The number of halogens is 1. The van der Waals surface area contributed by atoms with E-state index >= 15 is 0 Å². The van der Waals surface area contributed by atoms with Crippen molar-refractivity contribution in [1.29, 1.82) is 0 Å². The Bertz CT molecular complexity index is 1100. The minimum Gasteiger partial charge on any atom is -0.434 e.